The monoisotopic (exact) mass is 411 g/mol. The molecule has 0 saturated carbocycles. The highest BCUT2D eigenvalue weighted by atomic mass is 32.2. The van der Waals surface area contributed by atoms with Crippen LogP contribution in [0.15, 0.2) is 29.2 Å². The quantitative estimate of drug-likeness (QED) is 0.697. The lowest BCUT2D eigenvalue weighted by Gasteiger charge is -2.39. The zero-order chi connectivity index (χ0) is 21.1. The van der Waals surface area contributed by atoms with Crippen LogP contribution in [0, 0.1) is 11.8 Å². The van der Waals surface area contributed by atoms with E-state index in [1.54, 1.807) is 27.7 Å². The molecule has 9 heteroatoms. The molecule has 0 bridgehead atoms. The third-order valence-corrected chi connectivity index (χ3v) is 5.89. The van der Waals surface area contributed by atoms with Gasteiger partial charge in [-0.2, -0.15) is 4.31 Å². The van der Waals surface area contributed by atoms with E-state index in [9.17, 15) is 23.4 Å². The minimum absolute atomic E-state index is 0.0324. The molecule has 3 atom stereocenters. The van der Waals surface area contributed by atoms with Crippen LogP contribution in [0.1, 0.15) is 27.7 Å². The molecule has 0 spiro atoms. The number of benzene rings is 1. The molecule has 0 unspecified atom stereocenters. The summed E-state index contributed by atoms with van der Waals surface area (Å²) in [6, 6.07) is 4.37. The Bertz CT molecular complexity index is 862. The third kappa shape index (κ3) is 5.45. The summed E-state index contributed by atoms with van der Waals surface area (Å²) in [6.45, 7) is 6.34. The van der Waals surface area contributed by atoms with Gasteiger partial charge in [-0.3, -0.25) is 4.79 Å². The average Bonchev–Trinajstić information content (AvgIpc) is 2.57. The molecule has 1 fully saturated rings. The predicted octanol–water partition coefficient (Wildman–Crippen LogP) is 1.09. The Morgan fingerprint density at radius 3 is 2.46 bits per heavy atom. The lowest BCUT2D eigenvalue weighted by Crippen LogP contribution is -2.58. The summed E-state index contributed by atoms with van der Waals surface area (Å²) in [7, 11) is -4.03. The van der Waals surface area contributed by atoms with Crippen molar-refractivity contribution in [3.63, 3.8) is 0 Å². The maximum absolute atomic E-state index is 13.0. The molecule has 1 aromatic rings. The molecular formula is C19H25NO7S. The highest BCUT2D eigenvalue weighted by Crippen LogP contribution is 2.27. The first-order valence-corrected chi connectivity index (χ1v) is 10.2. The summed E-state index contributed by atoms with van der Waals surface area (Å²) in [6.07, 6.45) is -1.19. The largest absolute Gasteiger partial charge is 0.481 e. The number of carboxylic acid groups (broad SMARTS) is 1. The van der Waals surface area contributed by atoms with Gasteiger partial charge in [0, 0.05) is 6.54 Å². The Hall–Kier alpha value is -2.12. The number of carbonyl (C=O) groups is 1. The van der Waals surface area contributed by atoms with Gasteiger partial charge in [-0.15, -0.1) is 0 Å². The van der Waals surface area contributed by atoms with Crippen molar-refractivity contribution in [2.24, 2.45) is 0 Å². The fraction of sp³-hybridized carbons (Fsp3) is 0.526. The van der Waals surface area contributed by atoms with E-state index in [2.05, 4.69) is 11.8 Å². The summed E-state index contributed by atoms with van der Waals surface area (Å²) in [5.41, 5.74) is -1.12. The maximum atomic E-state index is 13.0. The molecule has 1 aromatic carbocycles. The molecule has 1 heterocycles. The smallest absolute Gasteiger partial charge is 0.324 e. The minimum Gasteiger partial charge on any atom is -0.481 e. The van der Waals surface area contributed by atoms with Crippen molar-refractivity contribution in [2.75, 3.05) is 13.2 Å². The first-order valence-electron chi connectivity index (χ1n) is 8.77. The van der Waals surface area contributed by atoms with Gasteiger partial charge in [0.1, 0.15) is 24.0 Å². The van der Waals surface area contributed by atoms with Crippen LogP contribution in [0.4, 0.5) is 0 Å². The molecule has 1 saturated heterocycles. The molecule has 2 N–H and O–H groups in total. The molecule has 1 aliphatic heterocycles. The summed E-state index contributed by atoms with van der Waals surface area (Å²) in [5, 5.41) is 19.0. The van der Waals surface area contributed by atoms with Crippen LogP contribution in [-0.2, 0) is 19.6 Å². The van der Waals surface area contributed by atoms with Gasteiger partial charge in [0.2, 0.25) is 10.0 Å². The number of morpholine rings is 1. The Morgan fingerprint density at radius 1 is 1.32 bits per heavy atom. The minimum atomic E-state index is -4.03. The van der Waals surface area contributed by atoms with Crippen LogP contribution in [0.25, 0.3) is 0 Å². The molecule has 0 aliphatic carbocycles. The zero-order valence-corrected chi connectivity index (χ0v) is 17.1. The highest BCUT2D eigenvalue weighted by Gasteiger charge is 2.44. The van der Waals surface area contributed by atoms with Crippen LogP contribution in [-0.4, -0.2) is 65.9 Å². The van der Waals surface area contributed by atoms with E-state index in [-0.39, 0.29) is 18.0 Å². The standard InChI is InChI=1S/C19H25NO7S/c1-13-12-20(17(18(21)22)14(2)27-13)28(24,25)16-8-6-15(7-9-16)26-11-5-10-19(3,4)23/h6-9,13-14,17,23H,11-12H2,1-4H3,(H,21,22)/t13-,14-,17+/m0/s1. The first-order chi connectivity index (χ1) is 12.9. The lowest BCUT2D eigenvalue weighted by atomic mass is 10.1. The summed E-state index contributed by atoms with van der Waals surface area (Å²) >= 11 is 0. The normalized spacial score (nSPS) is 23.5. The molecule has 0 aromatic heterocycles. The van der Waals surface area contributed by atoms with Gasteiger partial charge in [0.25, 0.3) is 0 Å². The van der Waals surface area contributed by atoms with E-state index in [1.807, 2.05) is 0 Å². The zero-order valence-electron chi connectivity index (χ0n) is 16.2. The van der Waals surface area contributed by atoms with Gasteiger partial charge in [0.05, 0.1) is 17.1 Å². The van der Waals surface area contributed by atoms with Gasteiger partial charge in [-0.25, -0.2) is 8.42 Å². The molecule has 1 aliphatic rings. The van der Waals surface area contributed by atoms with Gasteiger partial charge >= 0.3 is 5.97 Å². The molecule has 2 rings (SSSR count). The number of aliphatic hydroxyl groups is 1. The van der Waals surface area contributed by atoms with Crippen LogP contribution >= 0.6 is 0 Å². The van der Waals surface area contributed by atoms with Crippen LogP contribution in [0.2, 0.25) is 0 Å². The second kappa shape index (κ2) is 8.49. The van der Waals surface area contributed by atoms with E-state index in [1.165, 1.54) is 24.3 Å². The topological polar surface area (TPSA) is 113 Å². The number of rotatable bonds is 5. The number of sulfonamides is 1. The maximum Gasteiger partial charge on any atom is 0.324 e. The van der Waals surface area contributed by atoms with Crippen LogP contribution < -0.4 is 4.74 Å². The van der Waals surface area contributed by atoms with Gasteiger partial charge < -0.3 is 19.7 Å². The SMILES string of the molecule is C[C@@H]1O[C@@H](C)CN(S(=O)(=O)c2ccc(OCC#CC(C)(C)O)cc2)[C@H]1C(=O)O. The van der Waals surface area contributed by atoms with Crippen LogP contribution in [0.3, 0.4) is 0 Å². The highest BCUT2D eigenvalue weighted by molar-refractivity contribution is 7.89. The van der Waals surface area contributed by atoms with Crippen molar-refractivity contribution < 1.29 is 32.9 Å². The third-order valence-electron chi connectivity index (χ3n) is 4.03. The number of carboxylic acids is 1. The predicted molar refractivity (Wildman–Crippen MR) is 101 cm³/mol. The molecule has 0 radical (unpaired) electrons. The van der Waals surface area contributed by atoms with Gasteiger partial charge in [-0.1, -0.05) is 11.8 Å². The Labute approximate surface area is 165 Å². The van der Waals surface area contributed by atoms with Gasteiger partial charge in [-0.05, 0) is 52.0 Å². The van der Waals surface area contributed by atoms with Crippen molar-refractivity contribution in [3.8, 4) is 17.6 Å². The van der Waals surface area contributed by atoms with Crippen molar-refractivity contribution in [1.29, 1.82) is 0 Å². The molecular weight excluding hydrogens is 386 g/mol. The lowest BCUT2D eigenvalue weighted by molar-refractivity contribution is -0.155. The second-order valence-electron chi connectivity index (χ2n) is 7.13. The Balaban J connectivity index is 2.18. The molecule has 28 heavy (non-hydrogen) atoms. The summed E-state index contributed by atoms with van der Waals surface area (Å²) in [4.78, 5) is 11.6. The molecule has 8 nitrogen and oxygen atoms in total. The number of aliphatic carboxylic acids is 1. The number of nitrogens with zero attached hydrogens (tertiary/aromatic N) is 1. The Kier molecular flexibility index (Phi) is 6.72. The number of ether oxygens (including phenoxy) is 2. The number of hydrogen-bond donors (Lipinski definition) is 2. The van der Waals surface area contributed by atoms with E-state index in [0.29, 0.717) is 5.75 Å². The molecule has 154 valence electrons. The van der Waals surface area contributed by atoms with E-state index < -0.39 is 39.8 Å². The number of hydrogen-bond acceptors (Lipinski definition) is 6. The Morgan fingerprint density at radius 2 is 1.93 bits per heavy atom. The summed E-state index contributed by atoms with van der Waals surface area (Å²) < 4.78 is 37.8. The summed E-state index contributed by atoms with van der Waals surface area (Å²) in [5.74, 6) is 4.42. The van der Waals surface area contributed by atoms with E-state index in [0.717, 1.165) is 4.31 Å². The van der Waals surface area contributed by atoms with Gasteiger partial charge in [0.15, 0.2) is 0 Å². The van der Waals surface area contributed by atoms with E-state index in [4.69, 9.17) is 9.47 Å². The van der Waals surface area contributed by atoms with E-state index >= 15 is 0 Å². The fourth-order valence-electron chi connectivity index (χ4n) is 2.87. The average molecular weight is 411 g/mol. The second-order valence-corrected chi connectivity index (χ2v) is 9.02. The van der Waals surface area contributed by atoms with Crippen molar-refractivity contribution in [3.05, 3.63) is 24.3 Å². The van der Waals surface area contributed by atoms with Crippen LogP contribution in [0.5, 0.6) is 5.75 Å². The van der Waals surface area contributed by atoms with Crippen molar-refractivity contribution >= 4 is 16.0 Å². The van der Waals surface area contributed by atoms with Crippen molar-refractivity contribution in [2.45, 2.75) is 56.4 Å². The first kappa shape index (κ1) is 22.2. The van der Waals surface area contributed by atoms with Crippen molar-refractivity contribution in [1.82, 2.24) is 4.31 Å². The molecule has 0 amide bonds. The fourth-order valence-corrected chi connectivity index (χ4v) is 4.59.